The van der Waals surface area contributed by atoms with Crippen molar-refractivity contribution in [1.29, 1.82) is 0 Å². The summed E-state index contributed by atoms with van der Waals surface area (Å²) in [6.45, 7) is 6.26. The molecule has 0 aromatic carbocycles. The number of carboxylic acid groups (broad SMARTS) is 1. The lowest BCUT2D eigenvalue weighted by atomic mass is 9.69. The highest BCUT2D eigenvalue weighted by molar-refractivity contribution is 5.89. The van der Waals surface area contributed by atoms with Gasteiger partial charge < -0.3 is 5.11 Å². The van der Waals surface area contributed by atoms with E-state index in [0.717, 1.165) is 12.8 Å². The molecular weight excluding hydrogens is 228 g/mol. The van der Waals surface area contributed by atoms with Crippen LogP contribution in [0.3, 0.4) is 0 Å². The van der Waals surface area contributed by atoms with Crippen LogP contribution in [0.15, 0.2) is 0 Å². The molecule has 5 aliphatic carbocycles. The molecule has 0 heterocycles. The minimum atomic E-state index is -0.588. The quantitative estimate of drug-likeness (QED) is 0.775. The first-order valence-electron chi connectivity index (χ1n) is 7.06. The molecule has 5 rings (SSSR count). The highest BCUT2D eigenvalue weighted by atomic mass is 16.4. The minimum Gasteiger partial charge on any atom is -0.481 e. The van der Waals surface area contributed by atoms with E-state index in [0.29, 0.717) is 30.0 Å². The number of aliphatic carboxylic acids is 1. The van der Waals surface area contributed by atoms with E-state index in [1.54, 1.807) is 0 Å². The van der Waals surface area contributed by atoms with Crippen LogP contribution in [-0.4, -0.2) is 16.9 Å². The molecule has 0 aromatic heterocycles. The largest absolute Gasteiger partial charge is 0.481 e. The Morgan fingerprint density at radius 3 is 2.50 bits per heavy atom. The van der Waals surface area contributed by atoms with E-state index in [2.05, 4.69) is 20.8 Å². The van der Waals surface area contributed by atoms with Gasteiger partial charge in [0.1, 0.15) is 5.78 Å². The summed E-state index contributed by atoms with van der Waals surface area (Å²) in [6.07, 6.45) is 2.41. The van der Waals surface area contributed by atoms with Crippen LogP contribution in [0.25, 0.3) is 0 Å². The van der Waals surface area contributed by atoms with Gasteiger partial charge in [-0.2, -0.15) is 0 Å². The van der Waals surface area contributed by atoms with Gasteiger partial charge in [0, 0.05) is 11.8 Å². The Morgan fingerprint density at radius 2 is 1.89 bits per heavy atom. The molecule has 0 radical (unpaired) electrons. The fraction of sp³-hybridized carbons (Fsp3) is 0.867. The maximum absolute atomic E-state index is 12.3. The molecule has 0 saturated heterocycles. The molecule has 3 nitrogen and oxygen atoms in total. The molecule has 1 N–H and O–H groups in total. The SMILES string of the molecule is CC1(C)C(=O)CC[C@@]2(C)[C@@H]3C[C@@H]4[C@H]([C@@H]31)[C@]42C(=O)O. The van der Waals surface area contributed by atoms with Gasteiger partial charge in [-0.25, -0.2) is 0 Å². The molecule has 5 saturated carbocycles. The van der Waals surface area contributed by atoms with Crippen LogP contribution >= 0.6 is 0 Å². The Hall–Kier alpha value is -0.860. The predicted molar refractivity (Wildman–Crippen MR) is 64.8 cm³/mol. The van der Waals surface area contributed by atoms with Crippen LogP contribution in [0.5, 0.6) is 0 Å². The maximum atomic E-state index is 12.3. The topological polar surface area (TPSA) is 54.4 Å². The van der Waals surface area contributed by atoms with Crippen molar-refractivity contribution in [3.05, 3.63) is 0 Å². The lowest BCUT2D eigenvalue weighted by Crippen LogP contribution is -2.35. The smallest absolute Gasteiger partial charge is 0.310 e. The first-order valence-corrected chi connectivity index (χ1v) is 7.06. The average molecular weight is 248 g/mol. The van der Waals surface area contributed by atoms with Gasteiger partial charge in [0.15, 0.2) is 0 Å². The van der Waals surface area contributed by atoms with Crippen LogP contribution in [-0.2, 0) is 9.59 Å². The molecule has 0 spiro atoms. The third kappa shape index (κ3) is 0.736. The second kappa shape index (κ2) is 2.54. The van der Waals surface area contributed by atoms with Crippen molar-refractivity contribution >= 4 is 11.8 Å². The summed E-state index contributed by atoms with van der Waals surface area (Å²) in [4.78, 5) is 24.2. The van der Waals surface area contributed by atoms with Gasteiger partial charge in [-0.15, -0.1) is 0 Å². The monoisotopic (exact) mass is 248 g/mol. The molecular formula is C15H20O3. The zero-order valence-electron chi connectivity index (χ0n) is 11.2. The van der Waals surface area contributed by atoms with Gasteiger partial charge in [-0.3, -0.25) is 9.59 Å². The molecule has 6 bridgehead atoms. The zero-order valence-corrected chi connectivity index (χ0v) is 11.2. The summed E-state index contributed by atoms with van der Waals surface area (Å²) in [5.41, 5.74) is -0.905. The Kier molecular flexibility index (Phi) is 1.56. The van der Waals surface area contributed by atoms with Gasteiger partial charge in [0.05, 0.1) is 5.41 Å². The third-order valence-corrected chi connectivity index (χ3v) is 7.30. The second-order valence-electron chi connectivity index (χ2n) is 7.74. The molecule has 5 fully saturated rings. The van der Waals surface area contributed by atoms with Crippen LogP contribution in [0.1, 0.15) is 40.0 Å². The normalized spacial score (nSPS) is 58.5. The second-order valence-corrected chi connectivity index (χ2v) is 7.74. The van der Waals surface area contributed by atoms with Crippen molar-refractivity contribution in [3.63, 3.8) is 0 Å². The molecule has 5 aliphatic rings. The number of rotatable bonds is 1. The highest BCUT2D eigenvalue weighted by Crippen LogP contribution is 2.91. The number of hydrogen-bond donors (Lipinski definition) is 1. The lowest BCUT2D eigenvalue weighted by molar-refractivity contribution is -0.149. The fourth-order valence-corrected chi connectivity index (χ4v) is 6.56. The number of hydrogen-bond acceptors (Lipinski definition) is 2. The summed E-state index contributed by atoms with van der Waals surface area (Å²) in [5.74, 6) is 1.19. The highest BCUT2D eigenvalue weighted by Gasteiger charge is 2.92. The predicted octanol–water partition coefficient (Wildman–Crippen LogP) is 2.35. The van der Waals surface area contributed by atoms with Gasteiger partial charge >= 0.3 is 5.97 Å². The molecule has 0 aliphatic heterocycles. The van der Waals surface area contributed by atoms with E-state index in [9.17, 15) is 14.7 Å². The molecule has 0 aromatic rings. The first kappa shape index (κ1) is 11.0. The van der Waals surface area contributed by atoms with Gasteiger partial charge in [-0.05, 0) is 41.9 Å². The van der Waals surface area contributed by atoms with Crippen LogP contribution in [0.2, 0.25) is 0 Å². The zero-order chi connectivity index (χ0) is 13.1. The van der Waals surface area contributed by atoms with Crippen molar-refractivity contribution in [1.82, 2.24) is 0 Å². The Balaban J connectivity index is 1.92. The summed E-state index contributed by atoms with van der Waals surface area (Å²) in [6, 6.07) is 0. The van der Waals surface area contributed by atoms with Crippen molar-refractivity contribution < 1.29 is 14.7 Å². The van der Waals surface area contributed by atoms with E-state index in [1.165, 1.54) is 0 Å². The van der Waals surface area contributed by atoms with Crippen molar-refractivity contribution in [3.8, 4) is 0 Å². The Bertz CT molecular complexity index is 494. The van der Waals surface area contributed by atoms with Crippen molar-refractivity contribution in [2.75, 3.05) is 0 Å². The van der Waals surface area contributed by atoms with Crippen molar-refractivity contribution in [2.24, 2.45) is 39.9 Å². The third-order valence-electron chi connectivity index (χ3n) is 7.30. The minimum absolute atomic E-state index is 0.123. The number of carbonyl (C=O) groups excluding carboxylic acids is 1. The molecule has 0 unspecified atom stereocenters. The Labute approximate surface area is 107 Å². The first-order chi connectivity index (χ1) is 8.29. The molecule has 18 heavy (non-hydrogen) atoms. The summed E-state index contributed by atoms with van der Waals surface area (Å²) in [5, 5.41) is 9.77. The summed E-state index contributed by atoms with van der Waals surface area (Å²) in [7, 11) is 0. The summed E-state index contributed by atoms with van der Waals surface area (Å²) < 4.78 is 0. The summed E-state index contributed by atoms with van der Waals surface area (Å²) >= 11 is 0. The van der Waals surface area contributed by atoms with Crippen LogP contribution < -0.4 is 0 Å². The standard InChI is InChI=1S/C15H20O3/c1-13(2)9(16)4-5-14(3)7-6-8-11(10(7)13)15(8,14)12(17)18/h7-8,10-11H,4-6H2,1-3H3,(H,17,18)/t7-,8-,10-,11-,14+,15+/m1/s1. The molecule has 0 amide bonds. The van der Waals surface area contributed by atoms with E-state index in [4.69, 9.17) is 0 Å². The maximum Gasteiger partial charge on any atom is 0.310 e. The Morgan fingerprint density at radius 1 is 1.22 bits per heavy atom. The van der Waals surface area contributed by atoms with E-state index >= 15 is 0 Å². The van der Waals surface area contributed by atoms with Crippen LogP contribution in [0.4, 0.5) is 0 Å². The van der Waals surface area contributed by atoms with Gasteiger partial charge in [0.25, 0.3) is 0 Å². The number of Topliss-reactive ketones (excluding diaryl/α,β-unsaturated/α-hetero) is 1. The molecule has 98 valence electrons. The van der Waals surface area contributed by atoms with E-state index in [-0.39, 0.29) is 16.7 Å². The van der Waals surface area contributed by atoms with E-state index in [1.807, 2.05) is 0 Å². The van der Waals surface area contributed by atoms with Gasteiger partial charge in [0.2, 0.25) is 0 Å². The fourth-order valence-electron chi connectivity index (χ4n) is 6.56. The number of ketones is 1. The average Bonchev–Trinajstić information content (AvgIpc) is 2.60. The molecule has 6 atom stereocenters. The molecule has 3 heteroatoms. The van der Waals surface area contributed by atoms with E-state index < -0.39 is 11.4 Å². The van der Waals surface area contributed by atoms with Crippen molar-refractivity contribution in [2.45, 2.75) is 40.0 Å². The number of carboxylic acids is 1. The van der Waals surface area contributed by atoms with Gasteiger partial charge in [-0.1, -0.05) is 20.8 Å². The number of carbonyl (C=O) groups is 2. The lowest BCUT2D eigenvalue weighted by Gasteiger charge is -2.34. The van der Waals surface area contributed by atoms with Crippen LogP contribution in [0, 0.1) is 39.9 Å².